The number of furan rings is 2. The summed E-state index contributed by atoms with van der Waals surface area (Å²) in [4.78, 5) is 2.40. The molecule has 0 aliphatic heterocycles. The first kappa shape index (κ1) is 38.2. The summed E-state index contributed by atoms with van der Waals surface area (Å²) in [5.74, 6) is 0. The van der Waals surface area contributed by atoms with Gasteiger partial charge in [0, 0.05) is 54.9 Å². The number of para-hydroxylation sites is 4. The van der Waals surface area contributed by atoms with Gasteiger partial charge in [0.25, 0.3) is 0 Å². The summed E-state index contributed by atoms with van der Waals surface area (Å²) >= 11 is 0. The summed E-state index contributed by atoms with van der Waals surface area (Å²) in [6.07, 6.45) is 0. The molecule has 0 fully saturated rings. The van der Waals surface area contributed by atoms with Crippen molar-refractivity contribution < 1.29 is 8.83 Å². The van der Waals surface area contributed by atoms with E-state index in [-0.39, 0.29) is 0 Å². The van der Waals surface area contributed by atoms with E-state index in [9.17, 15) is 0 Å². The van der Waals surface area contributed by atoms with E-state index in [1.807, 2.05) is 18.2 Å². The quantitative estimate of drug-likeness (QED) is 0.160. The lowest BCUT2D eigenvalue weighted by Gasteiger charge is -2.29. The van der Waals surface area contributed by atoms with Crippen molar-refractivity contribution in [3.8, 4) is 39.1 Å². The standard InChI is InChI=1S/C64H40N2O2/c1-2-21-48-41(15-1)16-13-26-49(48)42-33-35-45(36-34-42)65(46-19-11-17-43(39-46)50-27-14-32-61-63(50)55-25-6-10-31-60(55)67-61)58-38-37-54-53-24-5-9-30-59(53)68-64(54)62(58)44-18-12-20-47(40-44)66-56-28-7-3-22-51(56)52-23-4-8-29-57(52)66/h1-40H. The molecule has 0 radical (unpaired) electrons. The van der Waals surface area contributed by atoms with E-state index in [0.29, 0.717) is 0 Å². The van der Waals surface area contributed by atoms with Crippen LogP contribution in [0.1, 0.15) is 0 Å². The Balaban J connectivity index is 1.02. The monoisotopic (exact) mass is 868 g/mol. The summed E-state index contributed by atoms with van der Waals surface area (Å²) < 4.78 is 15.8. The normalized spacial score (nSPS) is 11.8. The number of anilines is 3. The molecule has 0 spiro atoms. The van der Waals surface area contributed by atoms with Crippen molar-refractivity contribution >= 4 is 93.5 Å². The van der Waals surface area contributed by atoms with Gasteiger partial charge in [0.2, 0.25) is 0 Å². The molecule has 4 nitrogen and oxygen atoms in total. The molecule has 0 unspecified atom stereocenters. The Morgan fingerprint density at radius 3 is 1.75 bits per heavy atom. The van der Waals surface area contributed by atoms with Gasteiger partial charge < -0.3 is 18.3 Å². The molecule has 14 rings (SSSR count). The second-order valence-electron chi connectivity index (χ2n) is 17.6. The lowest BCUT2D eigenvalue weighted by molar-refractivity contribution is 0.669. The molecular formula is C64H40N2O2. The SMILES string of the molecule is c1cc(-c2cccc3oc4ccccc4c23)cc(N(c2ccc(-c3cccc4ccccc34)cc2)c2ccc3c(oc4ccccc43)c2-c2cccc(-n3c4ccccc4c4ccccc43)c2)c1. The topological polar surface area (TPSA) is 34.5 Å². The minimum atomic E-state index is 0.839. The highest BCUT2D eigenvalue weighted by molar-refractivity contribution is 6.15. The van der Waals surface area contributed by atoms with E-state index in [0.717, 1.165) is 105 Å². The van der Waals surface area contributed by atoms with E-state index in [1.54, 1.807) is 0 Å². The summed E-state index contributed by atoms with van der Waals surface area (Å²) in [6, 6.07) is 87.0. The van der Waals surface area contributed by atoms with E-state index in [2.05, 4.69) is 234 Å². The van der Waals surface area contributed by atoms with Gasteiger partial charge in [0.05, 0.1) is 16.7 Å². The van der Waals surface area contributed by atoms with Crippen molar-refractivity contribution in [2.75, 3.05) is 4.90 Å². The Kier molecular flexibility index (Phi) is 8.55. The molecule has 0 atom stereocenters. The fraction of sp³-hybridized carbons (Fsp3) is 0. The number of aromatic nitrogens is 1. The van der Waals surface area contributed by atoms with Crippen LogP contribution in [0.3, 0.4) is 0 Å². The number of benzene rings is 11. The second-order valence-corrected chi connectivity index (χ2v) is 17.6. The maximum Gasteiger partial charge on any atom is 0.145 e. The van der Waals surface area contributed by atoms with E-state index >= 15 is 0 Å². The molecule has 3 heterocycles. The van der Waals surface area contributed by atoms with E-state index in [1.165, 1.54) is 27.1 Å². The molecule has 4 heteroatoms. The van der Waals surface area contributed by atoms with Crippen molar-refractivity contribution in [1.82, 2.24) is 4.57 Å². The van der Waals surface area contributed by atoms with E-state index in [4.69, 9.17) is 8.83 Å². The molecule has 11 aromatic carbocycles. The highest BCUT2D eigenvalue weighted by Crippen LogP contribution is 2.49. The third-order valence-corrected chi connectivity index (χ3v) is 13.8. The van der Waals surface area contributed by atoms with Gasteiger partial charge in [0.15, 0.2) is 0 Å². The van der Waals surface area contributed by atoms with Gasteiger partial charge >= 0.3 is 0 Å². The van der Waals surface area contributed by atoms with Crippen molar-refractivity contribution in [3.05, 3.63) is 243 Å². The predicted molar refractivity (Wildman–Crippen MR) is 284 cm³/mol. The molecule has 0 aliphatic rings. The smallest absolute Gasteiger partial charge is 0.145 e. The number of hydrogen-bond donors (Lipinski definition) is 0. The maximum atomic E-state index is 7.02. The lowest BCUT2D eigenvalue weighted by Crippen LogP contribution is -2.11. The molecule has 318 valence electrons. The Morgan fingerprint density at radius 2 is 0.941 bits per heavy atom. The van der Waals surface area contributed by atoms with Crippen LogP contribution in [-0.2, 0) is 0 Å². The van der Waals surface area contributed by atoms with Crippen molar-refractivity contribution in [1.29, 1.82) is 0 Å². The summed E-state index contributed by atoms with van der Waals surface area (Å²) in [5, 5.41) is 9.27. The van der Waals surface area contributed by atoms with Gasteiger partial charge in [-0.3, -0.25) is 0 Å². The number of hydrogen-bond acceptors (Lipinski definition) is 3. The Labute approximate surface area is 391 Å². The fourth-order valence-corrected chi connectivity index (χ4v) is 10.8. The Bertz CT molecular complexity index is 4220. The van der Waals surface area contributed by atoms with Gasteiger partial charge in [0.1, 0.15) is 22.3 Å². The van der Waals surface area contributed by atoms with Crippen LogP contribution >= 0.6 is 0 Å². The molecular weight excluding hydrogens is 829 g/mol. The predicted octanol–water partition coefficient (Wildman–Crippen LogP) is 18.2. The minimum absolute atomic E-state index is 0.839. The van der Waals surface area contributed by atoms with Gasteiger partial charge in [-0.05, 0) is 117 Å². The lowest BCUT2D eigenvalue weighted by atomic mass is 9.96. The van der Waals surface area contributed by atoms with Crippen LogP contribution in [0.25, 0.3) is 116 Å². The average molecular weight is 869 g/mol. The third kappa shape index (κ3) is 5.94. The number of nitrogens with zero attached hydrogens (tertiary/aromatic N) is 2. The molecule has 68 heavy (non-hydrogen) atoms. The molecule has 0 bridgehead atoms. The summed E-state index contributed by atoms with van der Waals surface area (Å²) in [5.41, 5.74) is 16.5. The van der Waals surface area contributed by atoms with Crippen LogP contribution in [0.15, 0.2) is 251 Å². The molecule has 14 aromatic rings. The van der Waals surface area contributed by atoms with Crippen molar-refractivity contribution in [2.45, 2.75) is 0 Å². The minimum Gasteiger partial charge on any atom is -0.456 e. The Hall–Kier alpha value is -9.12. The van der Waals surface area contributed by atoms with Crippen molar-refractivity contribution in [2.24, 2.45) is 0 Å². The molecule has 0 saturated heterocycles. The molecule has 0 N–H and O–H groups in total. The first-order valence-electron chi connectivity index (χ1n) is 23.2. The highest BCUT2D eigenvalue weighted by atomic mass is 16.3. The Morgan fingerprint density at radius 1 is 0.338 bits per heavy atom. The van der Waals surface area contributed by atoms with Gasteiger partial charge in [-0.25, -0.2) is 0 Å². The van der Waals surface area contributed by atoms with Gasteiger partial charge in [-0.1, -0.05) is 164 Å². The number of rotatable bonds is 7. The zero-order valence-corrected chi connectivity index (χ0v) is 36.8. The zero-order valence-electron chi connectivity index (χ0n) is 36.8. The van der Waals surface area contributed by atoms with Crippen LogP contribution < -0.4 is 4.90 Å². The van der Waals surface area contributed by atoms with Crippen LogP contribution in [0.2, 0.25) is 0 Å². The molecule has 0 aliphatic carbocycles. The van der Waals surface area contributed by atoms with Crippen LogP contribution in [-0.4, -0.2) is 4.57 Å². The third-order valence-electron chi connectivity index (χ3n) is 13.8. The molecule has 0 saturated carbocycles. The van der Waals surface area contributed by atoms with E-state index < -0.39 is 0 Å². The first-order chi connectivity index (χ1) is 33.7. The maximum absolute atomic E-state index is 7.02. The van der Waals surface area contributed by atoms with Gasteiger partial charge in [-0.2, -0.15) is 0 Å². The highest BCUT2D eigenvalue weighted by Gasteiger charge is 2.25. The second kappa shape index (κ2) is 15.2. The van der Waals surface area contributed by atoms with Crippen molar-refractivity contribution in [3.63, 3.8) is 0 Å². The summed E-state index contributed by atoms with van der Waals surface area (Å²) in [7, 11) is 0. The van der Waals surface area contributed by atoms with Crippen LogP contribution in [0.4, 0.5) is 17.1 Å². The fourth-order valence-electron chi connectivity index (χ4n) is 10.8. The van der Waals surface area contributed by atoms with Gasteiger partial charge in [-0.15, -0.1) is 0 Å². The molecule has 0 amide bonds. The summed E-state index contributed by atoms with van der Waals surface area (Å²) in [6.45, 7) is 0. The van der Waals surface area contributed by atoms with Crippen LogP contribution in [0.5, 0.6) is 0 Å². The zero-order chi connectivity index (χ0) is 44.7. The first-order valence-corrected chi connectivity index (χ1v) is 23.2. The largest absolute Gasteiger partial charge is 0.456 e. The number of fused-ring (bicyclic) bond motifs is 10. The van der Waals surface area contributed by atoms with Crippen LogP contribution in [0, 0.1) is 0 Å². The molecule has 3 aromatic heterocycles. The average Bonchev–Trinajstić information content (AvgIpc) is 4.09.